The maximum absolute atomic E-state index is 12.0. The van der Waals surface area contributed by atoms with Gasteiger partial charge in [-0.1, -0.05) is 26.0 Å². The second-order valence-electron chi connectivity index (χ2n) is 6.08. The summed E-state index contributed by atoms with van der Waals surface area (Å²) >= 11 is 0. The molecule has 2 aromatic rings. The van der Waals surface area contributed by atoms with E-state index in [1.165, 1.54) is 17.7 Å². The Morgan fingerprint density at radius 1 is 1.22 bits per heavy atom. The van der Waals surface area contributed by atoms with Crippen LogP contribution in [0.25, 0.3) is 0 Å². The smallest absolute Gasteiger partial charge is 0.341 e. The number of ether oxygens (including phenoxy) is 1. The lowest BCUT2D eigenvalue weighted by Crippen LogP contribution is -2.21. The van der Waals surface area contributed by atoms with Crippen LogP contribution in [0.3, 0.4) is 0 Å². The first-order chi connectivity index (χ1) is 12.8. The number of hydrogen-bond donors (Lipinski definition) is 2. The summed E-state index contributed by atoms with van der Waals surface area (Å²) in [4.78, 5) is 34.1. The molecule has 0 heterocycles. The molecule has 0 saturated heterocycles. The van der Waals surface area contributed by atoms with Gasteiger partial charge in [0.1, 0.15) is 0 Å². The minimum absolute atomic E-state index is 0.0339. The lowest BCUT2D eigenvalue weighted by atomic mass is 9.99. The van der Waals surface area contributed by atoms with E-state index in [0.717, 1.165) is 12.5 Å². The maximum Gasteiger partial charge on any atom is 0.341 e. The Kier molecular flexibility index (Phi) is 6.48. The van der Waals surface area contributed by atoms with Crippen LogP contribution in [-0.4, -0.2) is 23.4 Å². The molecule has 0 fully saturated rings. The van der Waals surface area contributed by atoms with Gasteiger partial charge in [0, 0.05) is 23.5 Å². The molecule has 0 unspecified atom stereocenters. The highest BCUT2D eigenvalue weighted by Gasteiger charge is 2.17. The van der Waals surface area contributed by atoms with Crippen molar-refractivity contribution in [3.8, 4) is 0 Å². The molecule has 0 aromatic heterocycles. The van der Waals surface area contributed by atoms with Gasteiger partial charge in [-0.15, -0.1) is 0 Å². The van der Waals surface area contributed by atoms with Gasteiger partial charge in [-0.3, -0.25) is 14.9 Å². The van der Waals surface area contributed by atoms with Crippen molar-refractivity contribution >= 4 is 28.9 Å². The summed E-state index contributed by atoms with van der Waals surface area (Å²) < 4.78 is 4.90. The Bertz CT molecular complexity index is 849. The largest absolute Gasteiger partial charge is 0.452 e. The number of benzene rings is 2. The fourth-order valence-corrected chi connectivity index (χ4v) is 2.37. The van der Waals surface area contributed by atoms with E-state index < -0.39 is 23.4 Å². The number of nitrogens with zero attached hydrogens (tertiary/aromatic N) is 1. The molecule has 0 radical (unpaired) electrons. The monoisotopic (exact) mass is 371 g/mol. The quantitative estimate of drug-likeness (QED) is 0.332. The second-order valence-corrected chi connectivity index (χ2v) is 6.08. The molecule has 1 atom stereocenters. The number of nitrogens with one attached hydrogen (secondary N) is 1. The third kappa shape index (κ3) is 5.27. The SMILES string of the molecule is CC[C@@H](C)c1ccc(NC(=O)COC(=O)c2cc([N+](=O)[O-])ccc2N)cc1. The summed E-state index contributed by atoms with van der Waals surface area (Å²) in [5, 5.41) is 13.4. The average Bonchev–Trinajstić information content (AvgIpc) is 2.66. The molecule has 1 amide bonds. The molecule has 0 bridgehead atoms. The van der Waals surface area contributed by atoms with Gasteiger partial charge in [-0.05, 0) is 36.1 Å². The van der Waals surface area contributed by atoms with Crippen molar-refractivity contribution in [2.24, 2.45) is 0 Å². The lowest BCUT2D eigenvalue weighted by Gasteiger charge is -2.11. The van der Waals surface area contributed by atoms with Crippen LogP contribution in [0.4, 0.5) is 17.1 Å². The van der Waals surface area contributed by atoms with Crippen LogP contribution in [-0.2, 0) is 9.53 Å². The van der Waals surface area contributed by atoms with E-state index >= 15 is 0 Å². The molecule has 142 valence electrons. The Hall–Kier alpha value is -3.42. The van der Waals surface area contributed by atoms with Crippen LogP contribution in [0.1, 0.15) is 42.1 Å². The number of carbonyl (C=O) groups is 2. The van der Waals surface area contributed by atoms with Gasteiger partial charge >= 0.3 is 5.97 Å². The highest BCUT2D eigenvalue weighted by Crippen LogP contribution is 2.21. The Morgan fingerprint density at radius 3 is 2.48 bits per heavy atom. The molecule has 3 N–H and O–H groups in total. The number of rotatable bonds is 7. The molecule has 8 nitrogen and oxygen atoms in total. The number of nitrogen functional groups attached to an aromatic ring is 1. The minimum Gasteiger partial charge on any atom is -0.452 e. The first-order valence-corrected chi connectivity index (χ1v) is 8.42. The third-order valence-corrected chi connectivity index (χ3v) is 4.18. The zero-order valence-corrected chi connectivity index (χ0v) is 15.1. The Labute approximate surface area is 156 Å². The van der Waals surface area contributed by atoms with Crippen molar-refractivity contribution in [3.05, 3.63) is 63.7 Å². The van der Waals surface area contributed by atoms with Crippen LogP contribution in [0.2, 0.25) is 0 Å². The normalized spacial score (nSPS) is 11.5. The van der Waals surface area contributed by atoms with Crippen LogP contribution in [0, 0.1) is 10.1 Å². The average molecular weight is 371 g/mol. The summed E-state index contributed by atoms with van der Waals surface area (Å²) in [6.07, 6.45) is 1.02. The van der Waals surface area contributed by atoms with Crippen molar-refractivity contribution in [3.63, 3.8) is 0 Å². The Morgan fingerprint density at radius 2 is 1.89 bits per heavy atom. The molecule has 0 aliphatic heterocycles. The molecular formula is C19H21N3O5. The van der Waals surface area contributed by atoms with Gasteiger partial charge in [0.2, 0.25) is 0 Å². The summed E-state index contributed by atoms with van der Waals surface area (Å²) in [7, 11) is 0. The Balaban J connectivity index is 1.94. The van der Waals surface area contributed by atoms with Gasteiger partial charge in [0.25, 0.3) is 11.6 Å². The van der Waals surface area contributed by atoms with Gasteiger partial charge in [0.15, 0.2) is 6.61 Å². The molecule has 0 aliphatic carbocycles. The van der Waals surface area contributed by atoms with Gasteiger partial charge in [0.05, 0.1) is 10.5 Å². The number of non-ortho nitro benzene ring substituents is 1. The van der Waals surface area contributed by atoms with Gasteiger partial charge in [-0.2, -0.15) is 0 Å². The van der Waals surface area contributed by atoms with Crippen LogP contribution in [0.5, 0.6) is 0 Å². The zero-order chi connectivity index (χ0) is 20.0. The standard InChI is InChI=1S/C19H21N3O5/c1-3-12(2)13-4-6-14(7-5-13)21-18(23)11-27-19(24)16-10-15(22(25)26)8-9-17(16)20/h4-10,12H,3,11,20H2,1-2H3,(H,21,23)/t12-/m1/s1. The summed E-state index contributed by atoms with van der Waals surface area (Å²) in [5.41, 5.74) is 6.98. The lowest BCUT2D eigenvalue weighted by molar-refractivity contribution is -0.384. The predicted molar refractivity (Wildman–Crippen MR) is 102 cm³/mol. The maximum atomic E-state index is 12.0. The van der Waals surface area contributed by atoms with E-state index in [1.807, 2.05) is 12.1 Å². The number of nitro benzene ring substituents is 1. The van der Waals surface area contributed by atoms with Crippen LogP contribution < -0.4 is 11.1 Å². The summed E-state index contributed by atoms with van der Waals surface area (Å²) in [6.45, 7) is 3.68. The highest BCUT2D eigenvalue weighted by molar-refractivity contribution is 5.98. The fraction of sp³-hybridized carbons (Fsp3) is 0.263. The summed E-state index contributed by atoms with van der Waals surface area (Å²) in [6, 6.07) is 10.9. The van der Waals surface area contributed by atoms with E-state index in [1.54, 1.807) is 12.1 Å². The minimum atomic E-state index is -0.904. The van der Waals surface area contributed by atoms with Crippen LogP contribution in [0.15, 0.2) is 42.5 Å². The zero-order valence-electron chi connectivity index (χ0n) is 15.1. The van der Waals surface area contributed by atoms with Gasteiger partial charge < -0.3 is 15.8 Å². The first-order valence-electron chi connectivity index (χ1n) is 8.42. The number of nitrogens with two attached hydrogens (primary N) is 1. The molecule has 2 rings (SSSR count). The van der Waals surface area contributed by atoms with Crippen molar-refractivity contribution in [2.75, 3.05) is 17.7 Å². The number of carbonyl (C=O) groups excluding carboxylic acids is 2. The topological polar surface area (TPSA) is 125 Å². The number of hydrogen-bond acceptors (Lipinski definition) is 6. The fourth-order valence-electron chi connectivity index (χ4n) is 2.37. The van der Waals surface area contributed by atoms with E-state index in [9.17, 15) is 19.7 Å². The van der Waals surface area contributed by atoms with E-state index in [0.29, 0.717) is 11.6 Å². The second kappa shape index (κ2) is 8.79. The summed E-state index contributed by atoms with van der Waals surface area (Å²) in [5.74, 6) is -1.00. The molecule has 2 aromatic carbocycles. The van der Waals surface area contributed by atoms with Gasteiger partial charge in [-0.25, -0.2) is 4.79 Å². The van der Waals surface area contributed by atoms with Crippen molar-refractivity contribution in [1.82, 2.24) is 0 Å². The third-order valence-electron chi connectivity index (χ3n) is 4.18. The molecule has 27 heavy (non-hydrogen) atoms. The molecule has 0 spiro atoms. The van der Waals surface area contributed by atoms with E-state index in [-0.39, 0.29) is 16.9 Å². The predicted octanol–water partition coefficient (Wildman–Crippen LogP) is 3.49. The highest BCUT2D eigenvalue weighted by atomic mass is 16.6. The molecule has 0 aliphatic rings. The number of anilines is 2. The van der Waals surface area contributed by atoms with Crippen LogP contribution >= 0.6 is 0 Å². The molecule has 8 heteroatoms. The molecule has 0 saturated carbocycles. The van der Waals surface area contributed by atoms with E-state index in [2.05, 4.69) is 19.2 Å². The first kappa shape index (κ1) is 19.9. The molecular weight excluding hydrogens is 350 g/mol. The number of amides is 1. The van der Waals surface area contributed by atoms with Crippen molar-refractivity contribution in [1.29, 1.82) is 0 Å². The van der Waals surface area contributed by atoms with Crippen molar-refractivity contribution < 1.29 is 19.2 Å². The van der Waals surface area contributed by atoms with Crippen molar-refractivity contribution in [2.45, 2.75) is 26.2 Å². The van der Waals surface area contributed by atoms with E-state index in [4.69, 9.17) is 10.5 Å². The number of esters is 1. The number of nitro groups is 1.